The Bertz CT molecular complexity index is 338. The fourth-order valence-electron chi connectivity index (χ4n) is 2.25. The topological polar surface area (TPSA) is 66.4 Å². The van der Waals surface area contributed by atoms with Gasteiger partial charge in [-0.2, -0.15) is 0 Å². The number of carbonyl (C=O) groups excluding carboxylic acids is 1. The largest absolute Gasteiger partial charge is 0.481 e. The fraction of sp³-hybridized carbons (Fsp3) is 0.692. The summed E-state index contributed by atoms with van der Waals surface area (Å²) in [5.41, 5.74) is 0. The molecular weight excluding hydrogens is 250 g/mol. The molecule has 1 aliphatic rings. The Morgan fingerprint density at radius 1 is 1.33 bits per heavy atom. The Labute approximate surface area is 112 Å². The molecule has 0 saturated heterocycles. The molecule has 100 valence electrons. The second-order valence-electron chi connectivity index (χ2n) is 4.38. The van der Waals surface area contributed by atoms with Gasteiger partial charge in [-0.05, 0) is 12.8 Å². The summed E-state index contributed by atoms with van der Waals surface area (Å²) in [6, 6.07) is 0. The molecule has 2 atom stereocenters. The molecule has 0 bridgehead atoms. The molecule has 1 fully saturated rings. The fourth-order valence-corrected chi connectivity index (χ4v) is 2.76. The number of hydrogen-bond donors (Lipinski definition) is 2. The van der Waals surface area contributed by atoms with E-state index in [1.54, 1.807) is 11.8 Å². The first-order valence-corrected chi connectivity index (χ1v) is 7.34. The van der Waals surface area contributed by atoms with Gasteiger partial charge in [0, 0.05) is 12.3 Å². The number of rotatable bonds is 6. The zero-order valence-electron chi connectivity index (χ0n) is 10.4. The number of amides is 1. The quantitative estimate of drug-likeness (QED) is 0.564. The van der Waals surface area contributed by atoms with Gasteiger partial charge in [0.05, 0.1) is 17.6 Å². The SMILES string of the molecule is C#CCSCCNC(=O)C1CCCCC1C(=O)O. The van der Waals surface area contributed by atoms with Crippen molar-refractivity contribution in [2.75, 3.05) is 18.1 Å². The summed E-state index contributed by atoms with van der Waals surface area (Å²) in [4.78, 5) is 23.0. The highest BCUT2D eigenvalue weighted by molar-refractivity contribution is 7.99. The van der Waals surface area contributed by atoms with E-state index in [2.05, 4.69) is 11.2 Å². The second-order valence-corrected chi connectivity index (χ2v) is 5.49. The van der Waals surface area contributed by atoms with Gasteiger partial charge in [-0.15, -0.1) is 18.2 Å². The maximum atomic E-state index is 11.9. The second kappa shape index (κ2) is 8.04. The van der Waals surface area contributed by atoms with Crippen molar-refractivity contribution in [1.82, 2.24) is 5.32 Å². The average Bonchev–Trinajstić information content (AvgIpc) is 2.38. The van der Waals surface area contributed by atoms with E-state index in [4.69, 9.17) is 11.5 Å². The highest BCUT2D eigenvalue weighted by atomic mass is 32.2. The van der Waals surface area contributed by atoms with Gasteiger partial charge in [0.15, 0.2) is 0 Å². The summed E-state index contributed by atoms with van der Waals surface area (Å²) >= 11 is 1.58. The minimum Gasteiger partial charge on any atom is -0.481 e. The molecule has 0 aliphatic heterocycles. The molecule has 1 saturated carbocycles. The molecule has 5 heteroatoms. The predicted molar refractivity (Wildman–Crippen MR) is 72.3 cm³/mol. The lowest BCUT2D eigenvalue weighted by Crippen LogP contribution is -2.40. The first kappa shape index (κ1) is 14.9. The predicted octanol–water partition coefficient (Wildman–Crippen LogP) is 1.36. The molecule has 1 aliphatic carbocycles. The Morgan fingerprint density at radius 3 is 2.61 bits per heavy atom. The number of carboxylic acid groups (broad SMARTS) is 1. The van der Waals surface area contributed by atoms with Gasteiger partial charge in [-0.3, -0.25) is 9.59 Å². The van der Waals surface area contributed by atoms with Crippen LogP contribution in [0.25, 0.3) is 0 Å². The van der Waals surface area contributed by atoms with Crippen molar-refractivity contribution in [3.8, 4) is 12.3 Å². The number of thioether (sulfide) groups is 1. The summed E-state index contributed by atoms with van der Waals surface area (Å²) < 4.78 is 0. The average molecular weight is 269 g/mol. The normalized spacial score (nSPS) is 23.1. The standard InChI is InChI=1S/C13H19NO3S/c1-2-8-18-9-7-14-12(15)10-5-3-4-6-11(10)13(16)17/h1,10-11H,3-9H2,(H,14,15)(H,16,17). The lowest BCUT2D eigenvalue weighted by Gasteiger charge is -2.27. The van der Waals surface area contributed by atoms with E-state index in [1.807, 2.05) is 0 Å². The van der Waals surface area contributed by atoms with E-state index in [0.29, 0.717) is 25.1 Å². The molecule has 0 spiro atoms. The molecule has 0 aromatic carbocycles. The van der Waals surface area contributed by atoms with Gasteiger partial charge in [-0.1, -0.05) is 18.8 Å². The third-order valence-corrected chi connectivity index (χ3v) is 4.01. The van der Waals surface area contributed by atoms with Gasteiger partial charge >= 0.3 is 5.97 Å². The summed E-state index contributed by atoms with van der Waals surface area (Å²) in [6.45, 7) is 0.550. The number of terminal acetylenes is 1. The van der Waals surface area contributed by atoms with Crippen LogP contribution < -0.4 is 5.32 Å². The zero-order chi connectivity index (χ0) is 13.4. The molecule has 18 heavy (non-hydrogen) atoms. The minimum atomic E-state index is -0.850. The van der Waals surface area contributed by atoms with Crippen molar-refractivity contribution >= 4 is 23.6 Å². The van der Waals surface area contributed by atoms with Crippen molar-refractivity contribution < 1.29 is 14.7 Å². The van der Waals surface area contributed by atoms with E-state index in [-0.39, 0.29) is 11.8 Å². The molecule has 4 nitrogen and oxygen atoms in total. The van der Waals surface area contributed by atoms with Crippen LogP contribution in [0.15, 0.2) is 0 Å². The third-order valence-electron chi connectivity index (χ3n) is 3.15. The lowest BCUT2D eigenvalue weighted by molar-refractivity contribution is -0.148. The summed E-state index contributed by atoms with van der Waals surface area (Å²) in [6.07, 6.45) is 8.25. The van der Waals surface area contributed by atoms with Crippen LogP contribution in [0.1, 0.15) is 25.7 Å². The molecule has 1 rings (SSSR count). The lowest BCUT2D eigenvalue weighted by atomic mass is 9.79. The van der Waals surface area contributed by atoms with Crippen LogP contribution in [0.4, 0.5) is 0 Å². The summed E-state index contributed by atoms with van der Waals surface area (Å²) in [7, 11) is 0. The van der Waals surface area contributed by atoms with Crippen LogP contribution in [0, 0.1) is 24.2 Å². The Hall–Kier alpha value is -1.15. The molecule has 0 radical (unpaired) electrons. The van der Waals surface area contributed by atoms with Gasteiger partial charge in [-0.25, -0.2) is 0 Å². The Kier molecular flexibility index (Phi) is 6.66. The van der Waals surface area contributed by atoms with Crippen molar-refractivity contribution in [2.24, 2.45) is 11.8 Å². The zero-order valence-corrected chi connectivity index (χ0v) is 11.2. The molecule has 1 amide bonds. The highest BCUT2D eigenvalue weighted by Crippen LogP contribution is 2.30. The number of aliphatic carboxylic acids is 1. The van der Waals surface area contributed by atoms with Crippen LogP contribution in [0.3, 0.4) is 0 Å². The van der Waals surface area contributed by atoms with E-state index in [1.165, 1.54) is 0 Å². The van der Waals surface area contributed by atoms with Crippen LogP contribution in [-0.2, 0) is 9.59 Å². The number of carbonyl (C=O) groups is 2. The summed E-state index contributed by atoms with van der Waals surface area (Å²) in [5.74, 6) is 2.06. The summed E-state index contributed by atoms with van der Waals surface area (Å²) in [5, 5.41) is 11.9. The molecule has 0 aromatic rings. The molecule has 0 aromatic heterocycles. The van der Waals surface area contributed by atoms with Gasteiger partial charge in [0.1, 0.15) is 0 Å². The number of carboxylic acids is 1. The maximum Gasteiger partial charge on any atom is 0.307 e. The van der Waals surface area contributed by atoms with Crippen molar-refractivity contribution in [1.29, 1.82) is 0 Å². The first-order valence-electron chi connectivity index (χ1n) is 6.18. The first-order chi connectivity index (χ1) is 8.66. The monoisotopic (exact) mass is 269 g/mol. The molecule has 0 heterocycles. The van der Waals surface area contributed by atoms with E-state index in [0.717, 1.165) is 18.6 Å². The number of hydrogen-bond acceptors (Lipinski definition) is 3. The van der Waals surface area contributed by atoms with Gasteiger partial charge in [0.2, 0.25) is 5.91 Å². The Balaban J connectivity index is 2.34. The van der Waals surface area contributed by atoms with Gasteiger partial charge in [0.25, 0.3) is 0 Å². The molecule has 2 N–H and O–H groups in total. The van der Waals surface area contributed by atoms with Crippen LogP contribution in [-0.4, -0.2) is 35.0 Å². The van der Waals surface area contributed by atoms with Crippen LogP contribution in [0.5, 0.6) is 0 Å². The van der Waals surface area contributed by atoms with E-state index < -0.39 is 11.9 Å². The van der Waals surface area contributed by atoms with Crippen molar-refractivity contribution in [2.45, 2.75) is 25.7 Å². The minimum absolute atomic E-state index is 0.122. The Morgan fingerprint density at radius 2 is 2.00 bits per heavy atom. The third kappa shape index (κ3) is 4.61. The molecular formula is C13H19NO3S. The maximum absolute atomic E-state index is 11.9. The van der Waals surface area contributed by atoms with Gasteiger partial charge < -0.3 is 10.4 Å². The highest BCUT2D eigenvalue weighted by Gasteiger charge is 2.35. The smallest absolute Gasteiger partial charge is 0.307 e. The van der Waals surface area contributed by atoms with E-state index in [9.17, 15) is 9.59 Å². The molecule has 2 unspecified atom stereocenters. The van der Waals surface area contributed by atoms with Crippen molar-refractivity contribution in [3.63, 3.8) is 0 Å². The van der Waals surface area contributed by atoms with Crippen LogP contribution >= 0.6 is 11.8 Å². The van der Waals surface area contributed by atoms with E-state index >= 15 is 0 Å². The van der Waals surface area contributed by atoms with Crippen molar-refractivity contribution in [3.05, 3.63) is 0 Å². The number of nitrogens with one attached hydrogen (secondary N) is 1. The van der Waals surface area contributed by atoms with Crippen LogP contribution in [0.2, 0.25) is 0 Å².